The number of methoxy groups -OCH3 is 1. The zero-order valence-electron chi connectivity index (χ0n) is 11.7. The van der Waals surface area contributed by atoms with Gasteiger partial charge in [0.15, 0.2) is 0 Å². The first kappa shape index (κ1) is 16.5. The predicted octanol–water partition coefficient (Wildman–Crippen LogP) is 3.62. The number of fused-ring (bicyclic) bond motifs is 1. The van der Waals surface area contributed by atoms with Crippen LogP contribution in [-0.4, -0.2) is 36.5 Å². The summed E-state index contributed by atoms with van der Waals surface area (Å²) in [6.07, 6.45) is 0.800. The number of imidazole rings is 1. The first-order valence-electron chi connectivity index (χ1n) is 6.64. The molecular weight excluding hydrogens is 318 g/mol. The second-order valence-corrected chi connectivity index (χ2v) is 5.20. The predicted molar refractivity (Wildman–Crippen MR) is 81.6 cm³/mol. The molecule has 0 aliphatic rings. The summed E-state index contributed by atoms with van der Waals surface area (Å²) in [5.74, 6) is 0.487. The number of alkyl halides is 1. The third-order valence-electron chi connectivity index (χ3n) is 3.09. The average molecular weight is 335 g/mol. The topological polar surface area (TPSA) is 36.3 Å². The van der Waals surface area contributed by atoms with Gasteiger partial charge in [0.2, 0.25) is 0 Å². The molecule has 2 aromatic rings. The molecule has 7 heteroatoms. The molecule has 0 saturated heterocycles. The third kappa shape index (κ3) is 4.07. The maximum Gasteiger partial charge on any atom is 0.144 e. The Bertz CT molecular complexity index is 604. The maximum absolute atomic E-state index is 13.5. The number of ether oxygens (including phenoxy) is 2. The zero-order valence-corrected chi connectivity index (χ0v) is 13.3. The molecule has 0 bridgehead atoms. The summed E-state index contributed by atoms with van der Waals surface area (Å²) >= 11 is 11.7. The van der Waals surface area contributed by atoms with Crippen molar-refractivity contribution in [2.75, 3.05) is 26.9 Å². The second kappa shape index (κ2) is 7.94. The normalized spacial score (nSPS) is 11.4. The van der Waals surface area contributed by atoms with Gasteiger partial charge >= 0.3 is 0 Å². The Kier molecular flexibility index (Phi) is 6.23. The number of halogens is 3. The number of benzene rings is 1. The van der Waals surface area contributed by atoms with Crippen molar-refractivity contribution in [3.05, 3.63) is 28.8 Å². The molecule has 4 nitrogen and oxygen atoms in total. The van der Waals surface area contributed by atoms with Crippen LogP contribution >= 0.6 is 23.2 Å². The van der Waals surface area contributed by atoms with E-state index in [0.29, 0.717) is 37.7 Å². The summed E-state index contributed by atoms with van der Waals surface area (Å²) in [7, 11) is 1.64. The van der Waals surface area contributed by atoms with Crippen molar-refractivity contribution in [2.45, 2.75) is 18.8 Å². The number of nitrogens with zero attached hydrogens (tertiary/aromatic N) is 2. The first-order valence-corrected chi connectivity index (χ1v) is 7.55. The summed E-state index contributed by atoms with van der Waals surface area (Å²) in [6.45, 7) is 2.45. The maximum atomic E-state index is 13.5. The standard InChI is InChI=1S/C14H17Cl2FN2O2/c1-20-5-6-21-4-2-3-19-13-7-10(16)11(17)8-12(13)18-14(19)9-15/h7-8H,2-6,9H2,1H3. The molecule has 0 aliphatic carbocycles. The van der Waals surface area contributed by atoms with E-state index < -0.39 is 5.82 Å². The minimum atomic E-state index is -0.474. The van der Waals surface area contributed by atoms with Crippen LogP contribution in [0.4, 0.5) is 4.39 Å². The van der Waals surface area contributed by atoms with Gasteiger partial charge in [-0.25, -0.2) is 9.37 Å². The lowest BCUT2D eigenvalue weighted by Crippen LogP contribution is -2.08. The van der Waals surface area contributed by atoms with Gasteiger partial charge in [0.25, 0.3) is 0 Å². The number of aromatic nitrogens is 2. The number of hydrogen-bond donors (Lipinski definition) is 0. The fraction of sp³-hybridized carbons (Fsp3) is 0.500. The molecule has 0 N–H and O–H groups in total. The molecule has 116 valence electrons. The number of aryl methyl sites for hydroxylation is 1. The smallest absolute Gasteiger partial charge is 0.144 e. The van der Waals surface area contributed by atoms with E-state index in [4.69, 9.17) is 32.7 Å². The highest BCUT2D eigenvalue weighted by atomic mass is 35.5. The molecule has 0 spiro atoms. The van der Waals surface area contributed by atoms with E-state index in [1.54, 1.807) is 13.2 Å². The van der Waals surface area contributed by atoms with Crippen molar-refractivity contribution in [2.24, 2.45) is 0 Å². The lowest BCUT2D eigenvalue weighted by atomic mass is 10.3. The molecule has 2 rings (SSSR count). The van der Waals surface area contributed by atoms with Gasteiger partial charge in [0, 0.05) is 26.3 Å². The molecule has 1 heterocycles. The van der Waals surface area contributed by atoms with Crippen molar-refractivity contribution < 1.29 is 13.9 Å². The molecule has 1 aromatic carbocycles. The van der Waals surface area contributed by atoms with Gasteiger partial charge in [0.05, 0.1) is 35.1 Å². The Morgan fingerprint density at radius 3 is 2.81 bits per heavy atom. The van der Waals surface area contributed by atoms with Crippen molar-refractivity contribution >= 4 is 34.2 Å². The van der Waals surface area contributed by atoms with Gasteiger partial charge in [0.1, 0.15) is 11.6 Å². The van der Waals surface area contributed by atoms with Crippen LogP contribution in [0.25, 0.3) is 11.0 Å². The van der Waals surface area contributed by atoms with Crippen molar-refractivity contribution in [1.82, 2.24) is 9.55 Å². The highest BCUT2D eigenvalue weighted by molar-refractivity contribution is 6.31. The molecule has 0 atom stereocenters. The van der Waals surface area contributed by atoms with E-state index in [0.717, 1.165) is 11.9 Å². The van der Waals surface area contributed by atoms with Crippen LogP contribution in [-0.2, 0) is 21.9 Å². The van der Waals surface area contributed by atoms with Crippen molar-refractivity contribution in [3.63, 3.8) is 0 Å². The van der Waals surface area contributed by atoms with Crippen LogP contribution < -0.4 is 0 Å². The lowest BCUT2D eigenvalue weighted by Gasteiger charge is -2.08. The van der Waals surface area contributed by atoms with Gasteiger partial charge in [-0.05, 0) is 12.5 Å². The monoisotopic (exact) mass is 334 g/mol. The molecular formula is C14H17Cl2FN2O2. The van der Waals surface area contributed by atoms with Crippen LogP contribution in [0.3, 0.4) is 0 Å². The van der Waals surface area contributed by atoms with Crippen LogP contribution in [0, 0.1) is 5.82 Å². The molecule has 0 amide bonds. The Hall–Kier alpha value is -0.880. The number of rotatable bonds is 8. The SMILES string of the molecule is COCCOCCCn1c(CCl)nc2cc(F)c(Cl)cc21. The van der Waals surface area contributed by atoms with Gasteiger partial charge < -0.3 is 14.0 Å². The Balaban J connectivity index is 2.08. The fourth-order valence-corrected chi connectivity index (χ4v) is 2.45. The quantitative estimate of drug-likeness (QED) is 0.546. The molecule has 0 unspecified atom stereocenters. The van der Waals surface area contributed by atoms with Crippen LogP contribution in [0.1, 0.15) is 12.2 Å². The molecule has 0 aliphatic heterocycles. The van der Waals surface area contributed by atoms with E-state index in [-0.39, 0.29) is 10.9 Å². The summed E-state index contributed by atoms with van der Waals surface area (Å²) in [4.78, 5) is 4.33. The van der Waals surface area contributed by atoms with Crippen molar-refractivity contribution in [1.29, 1.82) is 0 Å². The molecule has 0 radical (unpaired) electrons. The third-order valence-corrected chi connectivity index (χ3v) is 3.62. The minimum absolute atomic E-state index is 0.0844. The van der Waals surface area contributed by atoms with E-state index in [2.05, 4.69) is 4.98 Å². The highest BCUT2D eigenvalue weighted by Gasteiger charge is 2.12. The highest BCUT2D eigenvalue weighted by Crippen LogP contribution is 2.24. The van der Waals surface area contributed by atoms with Crippen LogP contribution in [0.2, 0.25) is 5.02 Å². The van der Waals surface area contributed by atoms with Gasteiger partial charge in [-0.2, -0.15) is 0 Å². The molecule has 1 aromatic heterocycles. The number of hydrogen-bond acceptors (Lipinski definition) is 3. The van der Waals surface area contributed by atoms with Gasteiger partial charge in [-0.1, -0.05) is 11.6 Å². The largest absolute Gasteiger partial charge is 0.382 e. The summed E-state index contributed by atoms with van der Waals surface area (Å²) in [5.41, 5.74) is 1.35. The van der Waals surface area contributed by atoms with Gasteiger partial charge in [-0.3, -0.25) is 0 Å². The minimum Gasteiger partial charge on any atom is -0.382 e. The van der Waals surface area contributed by atoms with Crippen LogP contribution in [0.15, 0.2) is 12.1 Å². The second-order valence-electron chi connectivity index (χ2n) is 4.53. The average Bonchev–Trinajstić information content (AvgIpc) is 2.80. The van der Waals surface area contributed by atoms with Crippen LogP contribution in [0.5, 0.6) is 0 Å². The Morgan fingerprint density at radius 2 is 2.10 bits per heavy atom. The first-order chi connectivity index (χ1) is 10.2. The molecule has 0 saturated carbocycles. The van der Waals surface area contributed by atoms with Gasteiger partial charge in [-0.15, -0.1) is 11.6 Å². The Labute approximate surface area is 132 Å². The molecule has 21 heavy (non-hydrogen) atoms. The summed E-state index contributed by atoms with van der Waals surface area (Å²) in [6, 6.07) is 2.92. The van der Waals surface area contributed by atoms with Crippen molar-refractivity contribution in [3.8, 4) is 0 Å². The van der Waals surface area contributed by atoms with E-state index in [1.807, 2.05) is 4.57 Å². The summed E-state index contributed by atoms with van der Waals surface area (Å²) < 4.78 is 25.8. The summed E-state index contributed by atoms with van der Waals surface area (Å²) in [5, 5.41) is 0.0844. The van der Waals surface area contributed by atoms with E-state index in [1.165, 1.54) is 6.07 Å². The fourth-order valence-electron chi connectivity index (χ4n) is 2.09. The molecule has 0 fully saturated rings. The Morgan fingerprint density at radius 1 is 1.29 bits per heavy atom. The zero-order chi connectivity index (χ0) is 15.2. The van der Waals surface area contributed by atoms with E-state index >= 15 is 0 Å². The lowest BCUT2D eigenvalue weighted by molar-refractivity contribution is 0.0681. The van der Waals surface area contributed by atoms with E-state index in [9.17, 15) is 4.39 Å².